The van der Waals surface area contributed by atoms with E-state index in [1.807, 2.05) is 31.2 Å². The van der Waals surface area contributed by atoms with Crippen LogP contribution in [0.4, 0.5) is 0 Å². The number of aromatic nitrogens is 2. The van der Waals surface area contributed by atoms with E-state index in [1.165, 1.54) is 0 Å². The summed E-state index contributed by atoms with van der Waals surface area (Å²) in [7, 11) is 0. The highest BCUT2D eigenvalue weighted by Crippen LogP contribution is 2.36. The molecule has 18 heavy (non-hydrogen) atoms. The molecule has 0 radical (unpaired) electrons. The van der Waals surface area contributed by atoms with Crippen molar-refractivity contribution < 1.29 is 4.74 Å². The molecule has 0 aliphatic carbocycles. The van der Waals surface area contributed by atoms with E-state index in [0.717, 1.165) is 28.5 Å². The second-order valence-electron chi connectivity index (χ2n) is 4.39. The van der Waals surface area contributed by atoms with Crippen LogP contribution in [0, 0.1) is 6.92 Å². The van der Waals surface area contributed by atoms with Crippen LogP contribution in [0.15, 0.2) is 30.3 Å². The number of para-hydroxylation sites is 1. The molecule has 92 valence electrons. The van der Waals surface area contributed by atoms with Gasteiger partial charge in [0.15, 0.2) is 0 Å². The third-order valence-corrected chi connectivity index (χ3v) is 3.35. The zero-order valence-electron chi connectivity index (χ0n) is 10.1. The summed E-state index contributed by atoms with van der Waals surface area (Å²) < 4.78 is 5.67. The lowest BCUT2D eigenvalue weighted by atomic mass is 10.0. The molecule has 2 aromatic rings. The number of nitrogens with zero attached hydrogens (tertiary/aromatic N) is 2. The van der Waals surface area contributed by atoms with Crippen LogP contribution in [-0.4, -0.2) is 16.6 Å². The maximum atomic E-state index is 5.86. The monoisotopic (exact) mass is 260 g/mol. The first-order chi connectivity index (χ1) is 8.78. The summed E-state index contributed by atoms with van der Waals surface area (Å²) in [5.41, 5.74) is 2.97. The van der Waals surface area contributed by atoms with E-state index in [-0.39, 0.29) is 5.92 Å². The number of benzene rings is 1. The normalized spacial score (nSPS) is 17.3. The molecule has 0 saturated carbocycles. The van der Waals surface area contributed by atoms with Crippen LogP contribution in [0.2, 0.25) is 0 Å². The predicted molar refractivity (Wildman–Crippen MR) is 70.1 cm³/mol. The molecule has 0 amide bonds. The third kappa shape index (κ3) is 1.95. The molecule has 0 fully saturated rings. The highest BCUT2D eigenvalue weighted by Gasteiger charge is 2.27. The lowest BCUT2D eigenvalue weighted by Gasteiger charge is -2.09. The number of rotatable bonds is 2. The lowest BCUT2D eigenvalue weighted by molar-refractivity contribution is 0.339. The van der Waals surface area contributed by atoms with Gasteiger partial charge >= 0.3 is 0 Å². The van der Waals surface area contributed by atoms with Gasteiger partial charge in [0.2, 0.25) is 0 Å². The van der Waals surface area contributed by atoms with Crippen molar-refractivity contribution in [3.63, 3.8) is 0 Å². The molecule has 0 N–H and O–H groups in total. The Morgan fingerprint density at radius 3 is 3.00 bits per heavy atom. The van der Waals surface area contributed by atoms with Crippen molar-refractivity contribution in [3.8, 4) is 5.75 Å². The predicted octanol–water partition coefficient (Wildman–Crippen LogP) is 3.05. The maximum absolute atomic E-state index is 5.86. The molecule has 0 spiro atoms. The van der Waals surface area contributed by atoms with Crippen molar-refractivity contribution in [3.05, 3.63) is 53.1 Å². The number of aryl methyl sites for hydroxylation is 1. The van der Waals surface area contributed by atoms with Crippen LogP contribution >= 0.6 is 11.6 Å². The van der Waals surface area contributed by atoms with Gasteiger partial charge in [-0.1, -0.05) is 18.2 Å². The number of ether oxygens (including phenoxy) is 1. The van der Waals surface area contributed by atoms with E-state index in [9.17, 15) is 0 Å². The number of halogens is 1. The van der Waals surface area contributed by atoms with Gasteiger partial charge in [-0.2, -0.15) is 0 Å². The Hall–Kier alpha value is -1.61. The highest BCUT2D eigenvalue weighted by atomic mass is 35.5. The Kier molecular flexibility index (Phi) is 2.92. The molecule has 4 heteroatoms. The molecule has 0 saturated heterocycles. The van der Waals surface area contributed by atoms with Gasteiger partial charge in [-0.05, 0) is 19.1 Å². The second-order valence-corrected chi connectivity index (χ2v) is 4.66. The van der Waals surface area contributed by atoms with Gasteiger partial charge in [0.1, 0.15) is 18.2 Å². The van der Waals surface area contributed by atoms with E-state index < -0.39 is 0 Å². The molecule has 1 aromatic carbocycles. The van der Waals surface area contributed by atoms with Crippen LogP contribution in [0.5, 0.6) is 5.75 Å². The highest BCUT2D eigenvalue weighted by molar-refractivity contribution is 6.16. The smallest absolute Gasteiger partial charge is 0.139 e. The molecule has 0 bridgehead atoms. The summed E-state index contributed by atoms with van der Waals surface area (Å²) in [5, 5.41) is 0. The van der Waals surface area contributed by atoms with Gasteiger partial charge < -0.3 is 4.74 Å². The van der Waals surface area contributed by atoms with Crippen LogP contribution in [0.3, 0.4) is 0 Å². The fraction of sp³-hybridized carbons (Fsp3) is 0.286. The third-order valence-electron chi connectivity index (χ3n) is 3.07. The molecule has 1 aliphatic rings. The molecule has 2 heterocycles. The quantitative estimate of drug-likeness (QED) is 0.779. The van der Waals surface area contributed by atoms with Crippen molar-refractivity contribution in [2.45, 2.75) is 18.7 Å². The summed E-state index contributed by atoms with van der Waals surface area (Å²) in [6.07, 6.45) is 0. The number of hydrogen-bond donors (Lipinski definition) is 0. The van der Waals surface area contributed by atoms with Crippen LogP contribution < -0.4 is 4.74 Å². The van der Waals surface area contributed by atoms with Crippen LogP contribution in [-0.2, 0) is 5.88 Å². The van der Waals surface area contributed by atoms with Gasteiger partial charge in [0, 0.05) is 11.3 Å². The Labute approximate surface area is 111 Å². The number of alkyl halides is 1. The van der Waals surface area contributed by atoms with Gasteiger partial charge in [0.25, 0.3) is 0 Å². The molecule has 1 atom stereocenters. The number of fused-ring (bicyclic) bond motifs is 1. The average Bonchev–Trinajstić information content (AvgIpc) is 2.81. The SMILES string of the molecule is Cc1cc(CCl)nc(C2COc3ccccc32)n1. The topological polar surface area (TPSA) is 35.0 Å². The zero-order valence-corrected chi connectivity index (χ0v) is 10.8. The van der Waals surface area contributed by atoms with Crippen molar-refractivity contribution in [2.24, 2.45) is 0 Å². The Morgan fingerprint density at radius 2 is 2.17 bits per heavy atom. The first kappa shape index (κ1) is 11.5. The minimum absolute atomic E-state index is 0.114. The molecule has 1 aromatic heterocycles. The summed E-state index contributed by atoms with van der Waals surface area (Å²) >= 11 is 5.86. The summed E-state index contributed by atoms with van der Waals surface area (Å²) in [6, 6.07) is 9.95. The Balaban J connectivity index is 2.04. The maximum Gasteiger partial charge on any atom is 0.139 e. The van der Waals surface area contributed by atoms with Crippen LogP contribution in [0.1, 0.15) is 28.7 Å². The Morgan fingerprint density at radius 1 is 1.33 bits per heavy atom. The fourth-order valence-electron chi connectivity index (χ4n) is 2.26. The second kappa shape index (κ2) is 4.58. The van der Waals surface area contributed by atoms with Gasteiger partial charge in [0.05, 0.1) is 17.5 Å². The minimum Gasteiger partial charge on any atom is -0.492 e. The van der Waals surface area contributed by atoms with Crippen molar-refractivity contribution in [1.82, 2.24) is 9.97 Å². The lowest BCUT2D eigenvalue weighted by Crippen LogP contribution is -2.10. The molecule has 1 unspecified atom stereocenters. The first-order valence-electron chi connectivity index (χ1n) is 5.90. The molecular weight excluding hydrogens is 248 g/mol. The average molecular weight is 261 g/mol. The van der Waals surface area contributed by atoms with E-state index in [2.05, 4.69) is 16.0 Å². The van der Waals surface area contributed by atoms with E-state index >= 15 is 0 Å². The van der Waals surface area contributed by atoms with Crippen molar-refractivity contribution >= 4 is 11.6 Å². The van der Waals surface area contributed by atoms with Crippen LogP contribution in [0.25, 0.3) is 0 Å². The number of hydrogen-bond acceptors (Lipinski definition) is 3. The molecular formula is C14H13ClN2O. The van der Waals surface area contributed by atoms with Gasteiger partial charge in [-0.15, -0.1) is 11.6 Å². The van der Waals surface area contributed by atoms with E-state index in [4.69, 9.17) is 16.3 Å². The fourth-order valence-corrected chi connectivity index (χ4v) is 2.40. The first-order valence-corrected chi connectivity index (χ1v) is 6.43. The summed E-state index contributed by atoms with van der Waals surface area (Å²) in [4.78, 5) is 9.02. The summed E-state index contributed by atoms with van der Waals surface area (Å²) in [6.45, 7) is 2.56. The summed E-state index contributed by atoms with van der Waals surface area (Å²) in [5.74, 6) is 2.25. The van der Waals surface area contributed by atoms with Gasteiger partial charge in [-0.3, -0.25) is 0 Å². The van der Waals surface area contributed by atoms with Crippen molar-refractivity contribution in [1.29, 1.82) is 0 Å². The van der Waals surface area contributed by atoms with Gasteiger partial charge in [-0.25, -0.2) is 9.97 Å². The zero-order chi connectivity index (χ0) is 12.5. The minimum atomic E-state index is 0.114. The van der Waals surface area contributed by atoms with Crippen molar-refractivity contribution in [2.75, 3.05) is 6.61 Å². The molecule has 3 nitrogen and oxygen atoms in total. The Bertz CT molecular complexity index is 586. The van der Waals surface area contributed by atoms with E-state index in [1.54, 1.807) is 0 Å². The molecule has 3 rings (SSSR count). The molecule has 1 aliphatic heterocycles. The van der Waals surface area contributed by atoms with E-state index in [0.29, 0.717) is 12.5 Å². The standard InChI is InChI=1S/C14H13ClN2O/c1-9-6-10(7-15)17-14(16-9)12-8-18-13-5-3-2-4-11(12)13/h2-6,12H,7-8H2,1H3. The largest absolute Gasteiger partial charge is 0.492 e.